The minimum absolute atomic E-state index is 0.00393. The number of thioether (sulfide) groups is 1. The fourth-order valence-corrected chi connectivity index (χ4v) is 2.58. The molecule has 4 N–H and O–H groups in total. The van der Waals surface area contributed by atoms with E-state index in [-0.39, 0.29) is 11.9 Å². The molecule has 17 heavy (non-hydrogen) atoms. The molecule has 1 rings (SSSR count). The molecular formula is C9H14N4O2S2. The predicted octanol–water partition coefficient (Wildman–Crippen LogP) is 0.844. The molecule has 0 aromatic carbocycles. The van der Waals surface area contributed by atoms with Crippen LogP contribution in [0.2, 0.25) is 0 Å². The van der Waals surface area contributed by atoms with Crippen LogP contribution >= 0.6 is 23.1 Å². The van der Waals surface area contributed by atoms with Gasteiger partial charge in [-0.1, -0.05) is 0 Å². The average molecular weight is 277 g/mol. The molecule has 1 heterocycles. The van der Waals surface area contributed by atoms with Crippen LogP contribution in [0.4, 0.5) is 5.13 Å². The first-order valence-corrected chi connectivity index (χ1v) is 6.84. The summed E-state index contributed by atoms with van der Waals surface area (Å²) in [6.45, 7) is 0. The summed E-state index contributed by atoms with van der Waals surface area (Å²) in [7, 11) is 1.38. The van der Waals surface area contributed by atoms with Gasteiger partial charge in [0.05, 0.1) is 19.2 Å². The monoisotopic (exact) mass is 277 g/mol. The lowest BCUT2D eigenvalue weighted by Gasteiger charge is -1.98. The summed E-state index contributed by atoms with van der Waals surface area (Å²) in [5.74, 6) is 1.25. The van der Waals surface area contributed by atoms with Crippen molar-refractivity contribution < 1.29 is 9.53 Å². The molecule has 0 aliphatic carbocycles. The maximum atomic E-state index is 10.9. The Kier molecular flexibility index (Phi) is 5.78. The largest absolute Gasteiger partial charge is 0.469 e. The Morgan fingerprint density at radius 1 is 1.65 bits per heavy atom. The molecule has 0 aliphatic heterocycles. The normalized spacial score (nSPS) is 9.94. The fourth-order valence-electron chi connectivity index (χ4n) is 0.959. The van der Waals surface area contributed by atoms with Crippen LogP contribution in [-0.2, 0) is 15.3 Å². The van der Waals surface area contributed by atoms with Crippen molar-refractivity contribution in [3.8, 4) is 0 Å². The highest BCUT2D eigenvalue weighted by Crippen LogP contribution is 2.21. The van der Waals surface area contributed by atoms with Crippen LogP contribution in [0.5, 0.6) is 0 Å². The first-order chi connectivity index (χ1) is 8.11. The SMILES string of the molecule is COC(=O)CCSC[13c]1cs[13c](N=[13C](N)N)n1. The Morgan fingerprint density at radius 2 is 2.41 bits per heavy atom. The molecule has 0 spiro atoms. The van der Waals surface area contributed by atoms with Crippen molar-refractivity contribution >= 4 is 40.2 Å². The van der Waals surface area contributed by atoms with Crippen LogP contribution in [0.25, 0.3) is 0 Å². The van der Waals surface area contributed by atoms with Crippen LogP contribution in [0.1, 0.15) is 12.1 Å². The van der Waals surface area contributed by atoms with Crippen molar-refractivity contribution in [3.05, 3.63) is 11.1 Å². The minimum atomic E-state index is -0.197. The van der Waals surface area contributed by atoms with Gasteiger partial charge in [0.2, 0.25) is 5.13 Å². The van der Waals surface area contributed by atoms with Gasteiger partial charge in [-0.2, -0.15) is 16.8 Å². The van der Waals surface area contributed by atoms with Crippen molar-refractivity contribution in [3.63, 3.8) is 0 Å². The highest BCUT2D eigenvalue weighted by Gasteiger charge is 2.03. The molecule has 8 heteroatoms. The minimum Gasteiger partial charge on any atom is -0.469 e. The third kappa shape index (κ3) is 5.55. The zero-order valence-corrected chi connectivity index (χ0v) is 11.0. The van der Waals surface area contributed by atoms with Gasteiger partial charge in [-0.25, -0.2) is 4.98 Å². The van der Waals surface area contributed by atoms with E-state index in [4.69, 9.17) is 11.5 Å². The molecule has 0 unspecified atom stereocenters. The number of hydrogen-bond donors (Lipinski definition) is 2. The molecule has 0 fully saturated rings. The molecule has 0 saturated carbocycles. The van der Waals surface area contributed by atoms with Gasteiger partial charge in [-0.05, 0) is 0 Å². The van der Waals surface area contributed by atoms with E-state index in [1.807, 2.05) is 5.38 Å². The summed E-state index contributed by atoms with van der Waals surface area (Å²) in [5, 5.41) is 2.45. The Balaban J connectivity index is 2.30. The Hall–Kier alpha value is -1.28. The quantitative estimate of drug-likeness (QED) is 0.262. The molecule has 1 aromatic rings. The van der Waals surface area contributed by atoms with Crippen molar-refractivity contribution in [1.29, 1.82) is 0 Å². The van der Waals surface area contributed by atoms with Crippen molar-refractivity contribution in [2.45, 2.75) is 12.2 Å². The highest BCUT2D eigenvalue weighted by molar-refractivity contribution is 7.98. The summed E-state index contributed by atoms with van der Waals surface area (Å²) in [6.07, 6.45) is 0.409. The lowest BCUT2D eigenvalue weighted by Crippen LogP contribution is -2.21. The smallest absolute Gasteiger partial charge is 0.306 e. The van der Waals surface area contributed by atoms with E-state index in [2.05, 4.69) is 14.7 Å². The number of hydrogen-bond acceptors (Lipinski definition) is 6. The first-order valence-electron chi connectivity index (χ1n) is 4.80. The van der Waals surface area contributed by atoms with Crippen molar-refractivity contribution in [2.75, 3.05) is 12.9 Å². The summed E-state index contributed by atoms with van der Waals surface area (Å²) in [4.78, 5) is 18.9. The number of aromatic nitrogens is 1. The zero-order valence-electron chi connectivity index (χ0n) is 9.38. The molecule has 1 aromatic heterocycles. The molecule has 0 aliphatic rings. The van der Waals surface area contributed by atoms with Crippen LogP contribution in [0.15, 0.2) is 10.4 Å². The van der Waals surface area contributed by atoms with E-state index in [0.717, 1.165) is 11.4 Å². The van der Waals surface area contributed by atoms with Gasteiger partial charge in [0.25, 0.3) is 0 Å². The fraction of sp³-hybridized carbons (Fsp3) is 0.444. The zero-order chi connectivity index (χ0) is 12.7. The van der Waals surface area contributed by atoms with Crippen LogP contribution in [0, 0.1) is 0 Å². The summed E-state index contributed by atoms with van der Waals surface area (Å²) in [6, 6.07) is 0. The third-order valence-electron chi connectivity index (χ3n) is 1.69. The van der Waals surface area contributed by atoms with E-state index in [1.165, 1.54) is 18.4 Å². The number of carbonyl (C=O) groups is 1. The van der Waals surface area contributed by atoms with Crippen molar-refractivity contribution in [1.82, 2.24) is 4.98 Å². The van der Waals surface area contributed by atoms with Gasteiger partial charge in [-0.3, -0.25) is 4.79 Å². The Bertz CT molecular complexity index is 401. The first kappa shape index (κ1) is 13.8. The number of aliphatic imine (C=N–C) groups is 1. The number of carbonyl (C=O) groups excluding carboxylic acids is 1. The second kappa shape index (κ2) is 7.13. The second-order valence-corrected chi connectivity index (χ2v) is 4.98. The predicted molar refractivity (Wildman–Crippen MR) is 70.4 cm³/mol. The average Bonchev–Trinajstić information content (AvgIpc) is 2.70. The molecule has 94 valence electrons. The standard InChI is InChI=1S/C9H14N4O2S2/c1-15-7(14)2-3-16-4-6-5-17-9(12-6)13-8(10)11/h5H,2-4H2,1H3,(H4,10,11,12,13)/i6+1,8+1,9+1. The summed E-state index contributed by atoms with van der Waals surface area (Å²) < 4.78 is 4.54. The second-order valence-electron chi connectivity index (χ2n) is 3.04. The van der Waals surface area contributed by atoms with Gasteiger partial charge in [0.15, 0.2) is 5.96 Å². The topological polar surface area (TPSA) is 104 Å². The van der Waals surface area contributed by atoms with Crippen LogP contribution < -0.4 is 11.5 Å². The number of thiazole rings is 1. The third-order valence-corrected chi connectivity index (χ3v) is 3.47. The number of guanidine groups is 1. The number of esters is 1. The molecule has 0 bridgehead atoms. The summed E-state index contributed by atoms with van der Waals surface area (Å²) in [5.41, 5.74) is 11.4. The van der Waals surface area contributed by atoms with Gasteiger partial charge in [0, 0.05) is 16.9 Å². The van der Waals surface area contributed by atoms with E-state index >= 15 is 0 Å². The molecule has 0 amide bonds. The number of methoxy groups -OCH3 is 1. The van der Waals surface area contributed by atoms with Crippen LogP contribution in [-0.4, -0.2) is 29.8 Å². The number of nitrogens with zero attached hydrogens (tertiary/aromatic N) is 2. The van der Waals surface area contributed by atoms with E-state index in [0.29, 0.717) is 17.3 Å². The van der Waals surface area contributed by atoms with Crippen LogP contribution in [0.3, 0.4) is 0 Å². The highest BCUT2D eigenvalue weighted by atomic mass is 32.2. The van der Waals surface area contributed by atoms with E-state index in [1.54, 1.807) is 11.8 Å². The Labute approximate surface area is 107 Å². The lowest BCUT2D eigenvalue weighted by atomic mass is 10.5. The molecule has 0 saturated heterocycles. The van der Waals surface area contributed by atoms with E-state index < -0.39 is 0 Å². The number of ether oxygens (including phenoxy) is 1. The van der Waals surface area contributed by atoms with Gasteiger partial charge in [0.1, 0.15) is 0 Å². The Morgan fingerprint density at radius 3 is 3.06 bits per heavy atom. The summed E-state index contributed by atoms with van der Waals surface area (Å²) >= 11 is 3.00. The molecule has 0 radical (unpaired) electrons. The molecular weight excluding hydrogens is 263 g/mol. The molecule has 6 nitrogen and oxygen atoms in total. The molecule has 0 atom stereocenters. The maximum Gasteiger partial charge on any atom is 0.306 e. The maximum absolute atomic E-state index is 10.9. The van der Waals surface area contributed by atoms with E-state index in [9.17, 15) is 4.79 Å². The number of rotatable bonds is 6. The number of nitrogens with two attached hydrogens (primary N) is 2. The van der Waals surface area contributed by atoms with Gasteiger partial charge < -0.3 is 16.2 Å². The van der Waals surface area contributed by atoms with Gasteiger partial charge >= 0.3 is 5.97 Å². The van der Waals surface area contributed by atoms with Gasteiger partial charge in [-0.15, -0.1) is 11.3 Å². The lowest BCUT2D eigenvalue weighted by molar-refractivity contribution is -0.140. The van der Waals surface area contributed by atoms with Crippen molar-refractivity contribution in [2.24, 2.45) is 16.5 Å².